The fourth-order valence-corrected chi connectivity index (χ4v) is 4.52. The van der Waals surface area contributed by atoms with Gasteiger partial charge in [-0.1, -0.05) is 23.2 Å². The molecule has 1 aliphatic rings. The lowest BCUT2D eigenvalue weighted by Gasteiger charge is -2.26. The average Bonchev–Trinajstić information content (AvgIpc) is 3.06. The number of nitrogens with zero attached hydrogens (tertiary/aromatic N) is 2. The van der Waals surface area contributed by atoms with Crippen LogP contribution in [0.3, 0.4) is 0 Å². The zero-order valence-electron chi connectivity index (χ0n) is 16.0. The summed E-state index contributed by atoms with van der Waals surface area (Å²) < 4.78 is 6.26. The number of halogens is 2. The first-order valence-corrected chi connectivity index (χ1v) is 10.7. The number of thiophene rings is 1. The summed E-state index contributed by atoms with van der Waals surface area (Å²) in [6.45, 7) is 4.22. The van der Waals surface area contributed by atoms with Gasteiger partial charge in [0.2, 0.25) is 0 Å². The number of benzene rings is 1. The lowest BCUT2D eigenvalue weighted by molar-refractivity contribution is 0.0383. The van der Waals surface area contributed by atoms with Crippen LogP contribution in [0.5, 0.6) is 0 Å². The third kappa shape index (κ3) is 5.93. The van der Waals surface area contributed by atoms with Crippen molar-refractivity contribution in [2.45, 2.75) is 0 Å². The highest BCUT2D eigenvalue weighted by atomic mass is 35.5. The molecule has 0 aliphatic carbocycles. The molecule has 1 aliphatic heterocycles. The molecule has 1 fully saturated rings. The zero-order chi connectivity index (χ0) is 21.7. The van der Waals surface area contributed by atoms with E-state index in [1.54, 1.807) is 18.2 Å². The van der Waals surface area contributed by atoms with E-state index in [-0.39, 0.29) is 17.4 Å². The Morgan fingerprint density at radius 1 is 1.13 bits per heavy atom. The lowest BCUT2D eigenvalue weighted by atomic mass is 10.0. The van der Waals surface area contributed by atoms with E-state index in [0.717, 1.165) is 13.1 Å². The zero-order valence-corrected chi connectivity index (χ0v) is 18.3. The van der Waals surface area contributed by atoms with E-state index in [0.29, 0.717) is 51.7 Å². The summed E-state index contributed by atoms with van der Waals surface area (Å²) >= 11 is 13.5. The largest absolute Gasteiger partial charge is 0.379 e. The predicted octanol–water partition coefficient (Wildman–Crippen LogP) is 2.20. The Balaban J connectivity index is 1.83. The first-order chi connectivity index (χ1) is 14.3. The highest BCUT2D eigenvalue weighted by Crippen LogP contribution is 2.38. The molecular weight excluding hydrogens is 449 g/mol. The molecule has 1 saturated heterocycles. The minimum absolute atomic E-state index is 0.164. The van der Waals surface area contributed by atoms with Gasteiger partial charge in [-0.3, -0.25) is 14.5 Å². The van der Waals surface area contributed by atoms with Gasteiger partial charge in [-0.2, -0.15) is 4.99 Å². The highest BCUT2D eigenvalue weighted by molar-refractivity contribution is 7.20. The summed E-state index contributed by atoms with van der Waals surface area (Å²) in [5.74, 6) is -1.34. The Morgan fingerprint density at radius 3 is 2.47 bits per heavy atom. The highest BCUT2D eigenvalue weighted by Gasteiger charge is 2.17. The lowest BCUT2D eigenvalue weighted by Crippen LogP contribution is -2.41. The van der Waals surface area contributed by atoms with E-state index in [2.05, 4.69) is 15.2 Å². The van der Waals surface area contributed by atoms with E-state index < -0.39 is 5.91 Å². The van der Waals surface area contributed by atoms with Crippen molar-refractivity contribution in [3.05, 3.63) is 44.1 Å². The predicted molar refractivity (Wildman–Crippen MR) is 120 cm³/mol. The summed E-state index contributed by atoms with van der Waals surface area (Å²) in [7, 11) is 0. The molecule has 0 spiro atoms. The second kappa shape index (κ2) is 10.2. The Labute approximate surface area is 187 Å². The fourth-order valence-electron chi connectivity index (χ4n) is 3.01. The Kier molecular flexibility index (Phi) is 7.68. The van der Waals surface area contributed by atoms with Crippen molar-refractivity contribution >= 4 is 52.3 Å². The van der Waals surface area contributed by atoms with E-state index in [9.17, 15) is 9.59 Å². The second-order valence-electron chi connectivity index (χ2n) is 6.59. The maximum absolute atomic E-state index is 12.7. The minimum atomic E-state index is -0.656. The molecule has 0 unspecified atom stereocenters. The van der Waals surface area contributed by atoms with Gasteiger partial charge in [0.1, 0.15) is 4.34 Å². The number of morpholine rings is 1. The first kappa shape index (κ1) is 22.5. The summed E-state index contributed by atoms with van der Waals surface area (Å²) in [6, 6.07) is 6.35. The molecule has 30 heavy (non-hydrogen) atoms. The van der Waals surface area contributed by atoms with Gasteiger partial charge in [-0.05, 0) is 29.8 Å². The van der Waals surface area contributed by atoms with Crippen LogP contribution in [0.1, 0.15) is 20.7 Å². The standard InChI is InChI=1S/C19H21Cl2N5O3S/c20-15-10-14(16(21)30-15)11-7-12(9-13(8-11)18(28)25-19(22)23)17(27)24-1-2-26-3-5-29-6-4-26/h7-10H,1-6H2,(H,24,27)(H4,22,23,25,28). The monoisotopic (exact) mass is 469 g/mol. The smallest absolute Gasteiger partial charge is 0.280 e. The van der Waals surface area contributed by atoms with Crippen molar-refractivity contribution in [3.63, 3.8) is 0 Å². The molecule has 0 radical (unpaired) electrons. The SMILES string of the molecule is NC(N)=NC(=O)c1cc(C(=O)NCCN2CCOCC2)cc(-c2cc(Cl)sc2Cl)c1. The van der Waals surface area contributed by atoms with E-state index in [1.807, 2.05) is 0 Å². The molecule has 5 N–H and O–H groups in total. The number of hydrogen-bond donors (Lipinski definition) is 3. The summed E-state index contributed by atoms with van der Waals surface area (Å²) in [6.07, 6.45) is 0. The van der Waals surface area contributed by atoms with Gasteiger partial charge in [-0.15, -0.1) is 11.3 Å². The number of hydrogen-bond acceptors (Lipinski definition) is 5. The molecule has 2 aromatic rings. The molecule has 160 valence electrons. The molecule has 8 nitrogen and oxygen atoms in total. The molecule has 11 heteroatoms. The normalized spacial score (nSPS) is 14.3. The molecule has 0 bridgehead atoms. The molecule has 2 amide bonds. The molecule has 2 heterocycles. The van der Waals surface area contributed by atoms with Crippen molar-refractivity contribution in [2.24, 2.45) is 16.5 Å². The number of carbonyl (C=O) groups excluding carboxylic acids is 2. The second-order valence-corrected chi connectivity index (χ2v) is 8.87. The van der Waals surface area contributed by atoms with Crippen LogP contribution < -0.4 is 16.8 Å². The van der Waals surface area contributed by atoms with E-state index in [4.69, 9.17) is 39.4 Å². The fraction of sp³-hybridized carbons (Fsp3) is 0.316. The third-order valence-corrected chi connectivity index (χ3v) is 5.95. The molecule has 0 saturated carbocycles. The molecule has 1 aromatic heterocycles. The van der Waals surface area contributed by atoms with Gasteiger partial charge in [0.05, 0.1) is 17.6 Å². The third-order valence-electron chi connectivity index (χ3n) is 4.46. The summed E-state index contributed by atoms with van der Waals surface area (Å²) in [5.41, 5.74) is 12.3. The maximum Gasteiger partial charge on any atom is 0.280 e. The Bertz CT molecular complexity index is 969. The average molecular weight is 470 g/mol. The first-order valence-electron chi connectivity index (χ1n) is 9.16. The van der Waals surface area contributed by atoms with Crippen molar-refractivity contribution in [1.29, 1.82) is 0 Å². The van der Waals surface area contributed by atoms with Crippen LogP contribution in [0.25, 0.3) is 11.1 Å². The molecule has 3 rings (SSSR count). The topological polar surface area (TPSA) is 123 Å². The number of nitrogens with two attached hydrogens (primary N) is 2. The Hall–Kier alpha value is -2.17. The minimum Gasteiger partial charge on any atom is -0.379 e. The summed E-state index contributed by atoms with van der Waals surface area (Å²) in [5, 5.41) is 2.88. The Morgan fingerprint density at radius 2 is 1.83 bits per heavy atom. The molecule has 0 atom stereocenters. The number of aliphatic imine (C=N–C) groups is 1. The van der Waals surface area contributed by atoms with Crippen LogP contribution in [0.15, 0.2) is 29.3 Å². The van der Waals surface area contributed by atoms with Gasteiger partial charge in [0, 0.05) is 42.9 Å². The van der Waals surface area contributed by atoms with Crippen molar-refractivity contribution in [3.8, 4) is 11.1 Å². The van der Waals surface area contributed by atoms with Gasteiger partial charge in [0.15, 0.2) is 5.96 Å². The van der Waals surface area contributed by atoms with Crippen LogP contribution >= 0.6 is 34.5 Å². The van der Waals surface area contributed by atoms with Crippen LogP contribution in [-0.2, 0) is 4.74 Å². The number of guanidine groups is 1. The van der Waals surface area contributed by atoms with E-state index >= 15 is 0 Å². The van der Waals surface area contributed by atoms with Crippen molar-refractivity contribution in [1.82, 2.24) is 10.2 Å². The number of nitrogens with one attached hydrogen (secondary N) is 1. The van der Waals surface area contributed by atoms with Gasteiger partial charge in [-0.25, -0.2) is 0 Å². The van der Waals surface area contributed by atoms with Gasteiger partial charge < -0.3 is 21.5 Å². The quantitative estimate of drug-likeness (QED) is 0.440. The maximum atomic E-state index is 12.7. The van der Waals surface area contributed by atoms with Crippen LogP contribution in [0.2, 0.25) is 8.67 Å². The number of ether oxygens (including phenoxy) is 1. The summed E-state index contributed by atoms with van der Waals surface area (Å²) in [4.78, 5) is 30.9. The number of carbonyl (C=O) groups is 2. The van der Waals surface area contributed by atoms with Gasteiger partial charge >= 0.3 is 0 Å². The number of amides is 2. The van der Waals surface area contributed by atoms with Crippen molar-refractivity contribution < 1.29 is 14.3 Å². The van der Waals surface area contributed by atoms with Crippen molar-refractivity contribution in [2.75, 3.05) is 39.4 Å². The number of rotatable bonds is 6. The molecular formula is C19H21Cl2N5O3S. The van der Waals surface area contributed by atoms with Crippen LogP contribution in [-0.4, -0.2) is 62.1 Å². The van der Waals surface area contributed by atoms with Gasteiger partial charge in [0.25, 0.3) is 11.8 Å². The molecule has 1 aromatic carbocycles. The van der Waals surface area contributed by atoms with E-state index in [1.165, 1.54) is 17.4 Å². The van der Waals surface area contributed by atoms with Crippen LogP contribution in [0, 0.1) is 0 Å². The van der Waals surface area contributed by atoms with Crippen LogP contribution in [0.4, 0.5) is 0 Å².